The Morgan fingerprint density at radius 3 is 2.67 bits per heavy atom. The van der Waals surface area contributed by atoms with Crippen LogP contribution in [0.15, 0.2) is 24.3 Å². The van der Waals surface area contributed by atoms with E-state index in [1.807, 2.05) is 38.1 Å². The summed E-state index contributed by atoms with van der Waals surface area (Å²) in [6.07, 6.45) is -0.0249. The SMILES string of the molecule is CC(C)N(CCC(=O)O)C(=O)CSCc1cccc(Cl)c1. The first-order chi connectivity index (χ1) is 9.90. The van der Waals surface area contributed by atoms with Crippen LogP contribution < -0.4 is 0 Å². The Balaban J connectivity index is 2.44. The van der Waals surface area contributed by atoms with Crippen LogP contribution in [0.4, 0.5) is 0 Å². The number of amides is 1. The molecule has 0 aliphatic carbocycles. The van der Waals surface area contributed by atoms with Crippen molar-refractivity contribution in [2.45, 2.75) is 32.1 Å². The molecule has 0 radical (unpaired) electrons. The minimum atomic E-state index is -0.889. The third-order valence-corrected chi connectivity index (χ3v) is 4.12. The van der Waals surface area contributed by atoms with E-state index in [1.165, 1.54) is 11.8 Å². The lowest BCUT2D eigenvalue weighted by atomic mass is 10.2. The molecule has 0 fully saturated rings. The molecule has 6 heteroatoms. The van der Waals surface area contributed by atoms with Crippen molar-refractivity contribution >= 4 is 35.2 Å². The summed E-state index contributed by atoms with van der Waals surface area (Å²) in [5.41, 5.74) is 1.07. The van der Waals surface area contributed by atoms with Gasteiger partial charge >= 0.3 is 5.97 Å². The van der Waals surface area contributed by atoms with Gasteiger partial charge in [0.15, 0.2) is 0 Å². The van der Waals surface area contributed by atoms with Crippen molar-refractivity contribution < 1.29 is 14.7 Å². The maximum atomic E-state index is 12.1. The van der Waals surface area contributed by atoms with Gasteiger partial charge in [-0.25, -0.2) is 0 Å². The average Bonchev–Trinajstić information content (AvgIpc) is 2.38. The molecule has 21 heavy (non-hydrogen) atoms. The molecule has 0 spiro atoms. The molecule has 0 bridgehead atoms. The van der Waals surface area contributed by atoms with Crippen LogP contribution in [-0.4, -0.2) is 40.2 Å². The van der Waals surface area contributed by atoms with Gasteiger partial charge in [0.05, 0.1) is 12.2 Å². The van der Waals surface area contributed by atoms with Gasteiger partial charge < -0.3 is 10.0 Å². The van der Waals surface area contributed by atoms with Gasteiger partial charge in [-0.1, -0.05) is 23.7 Å². The molecule has 1 aromatic carbocycles. The Hall–Kier alpha value is -1.20. The van der Waals surface area contributed by atoms with E-state index < -0.39 is 5.97 Å². The van der Waals surface area contributed by atoms with E-state index in [0.29, 0.717) is 16.5 Å². The van der Waals surface area contributed by atoms with Crippen molar-refractivity contribution in [3.63, 3.8) is 0 Å². The van der Waals surface area contributed by atoms with Crippen LogP contribution in [0, 0.1) is 0 Å². The van der Waals surface area contributed by atoms with Crippen molar-refractivity contribution in [2.75, 3.05) is 12.3 Å². The number of carboxylic acid groups (broad SMARTS) is 1. The Bertz CT molecular complexity index is 494. The maximum Gasteiger partial charge on any atom is 0.305 e. The lowest BCUT2D eigenvalue weighted by Gasteiger charge is -2.26. The van der Waals surface area contributed by atoms with Gasteiger partial charge in [-0.05, 0) is 31.5 Å². The second-order valence-corrected chi connectivity index (χ2v) is 6.37. The number of benzene rings is 1. The number of thioether (sulfide) groups is 1. The summed E-state index contributed by atoms with van der Waals surface area (Å²) in [6, 6.07) is 7.54. The molecule has 4 nitrogen and oxygen atoms in total. The molecule has 1 N–H and O–H groups in total. The quantitative estimate of drug-likeness (QED) is 0.795. The van der Waals surface area contributed by atoms with Crippen LogP contribution >= 0.6 is 23.4 Å². The largest absolute Gasteiger partial charge is 0.481 e. The average molecular weight is 330 g/mol. The first-order valence-corrected chi connectivity index (χ1v) is 8.27. The van der Waals surface area contributed by atoms with Crippen molar-refractivity contribution in [3.05, 3.63) is 34.9 Å². The molecule has 0 saturated carbocycles. The van der Waals surface area contributed by atoms with E-state index in [1.54, 1.807) is 4.90 Å². The Kier molecular flexibility index (Phi) is 7.61. The molecule has 0 unspecified atom stereocenters. The Morgan fingerprint density at radius 1 is 1.38 bits per heavy atom. The predicted octanol–water partition coefficient (Wildman–Crippen LogP) is 3.28. The van der Waals surface area contributed by atoms with Gasteiger partial charge in [0, 0.05) is 23.4 Å². The highest BCUT2D eigenvalue weighted by atomic mass is 35.5. The number of carboxylic acids is 1. The summed E-state index contributed by atoms with van der Waals surface area (Å²) in [5.74, 6) is 0.125. The highest BCUT2D eigenvalue weighted by Gasteiger charge is 2.17. The number of hydrogen-bond acceptors (Lipinski definition) is 3. The van der Waals surface area contributed by atoms with Crippen LogP contribution in [0.5, 0.6) is 0 Å². The molecule has 116 valence electrons. The molecule has 1 amide bonds. The second-order valence-electron chi connectivity index (χ2n) is 4.95. The van der Waals surface area contributed by atoms with Crippen LogP contribution in [-0.2, 0) is 15.3 Å². The number of nitrogens with zero attached hydrogens (tertiary/aromatic N) is 1. The first-order valence-electron chi connectivity index (χ1n) is 6.73. The predicted molar refractivity (Wildman–Crippen MR) is 86.7 cm³/mol. The van der Waals surface area contributed by atoms with Crippen molar-refractivity contribution in [1.29, 1.82) is 0 Å². The summed E-state index contributed by atoms with van der Waals surface area (Å²) in [5, 5.41) is 9.41. The lowest BCUT2D eigenvalue weighted by molar-refractivity contribution is -0.138. The number of carbonyl (C=O) groups excluding carboxylic acids is 1. The molecular formula is C15H20ClNO3S. The summed E-state index contributed by atoms with van der Waals surface area (Å²) in [4.78, 5) is 24.4. The normalized spacial score (nSPS) is 10.7. The summed E-state index contributed by atoms with van der Waals surface area (Å²) in [7, 11) is 0. The highest BCUT2D eigenvalue weighted by molar-refractivity contribution is 7.99. The van der Waals surface area contributed by atoms with E-state index in [-0.39, 0.29) is 24.9 Å². The number of halogens is 1. The van der Waals surface area contributed by atoms with E-state index >= 15 is 0 Å². The Labute approximate surface area is 134 Å². The Morgan fingerprint density at radius 2 is 2.10 bits per heavy atom. The van der Waals surface area contributed by atoms with Crippen LogP contribution in [0.25, 0.3) is 0 Å². The van der Waals surface area contributed by atoms with Crippen molar-refractivity contribution in [1.82, 2.24) is 4.90 Å². The smallest absolute Gasteiger partial charge is 0.305 e. The fraction of sp³-hybridized carbons (Fsp3) is 0.467. The molecule has 0 aliphatic heterocycles. The van der Waals surface area contributed by atoms with Gasteiger partial charge in [-0.15, -0.1) is 11.8 Å². The summed E-state index contributed by atoms with van der Waals surface area (Å²) < 4.78 is 0. The first kappa shape index (κ1) is 17.9. The van der Waals surface area contributed by atoms with Crippen molar-refractivity contribution in [3.8, 4) is 0 Å². The number of carbonyl (C=O) groups is 2. The van der Waals surface area contributed by atoms with Gasteiger partial charge in [-0.3, -0.25) is 9.59 Å². The van der Waals surface area contributed by atoms with Crippen LogP contribution in [0.1, 0.15) is 25.8 Å². The number of hydrogen-bond donors (Lipinski definition) is 1. The van der Waals surface area contributed by atoms with Crippen molar-refractivity contribution in [2.24, 2.45) is 0 Å². The van der Waals surface area contributed by atoms with E-state index in [2.05, 4.69) is 0 Å². The van der Waals surface area contributed by atoms with Gasteiger partial charge in [0.25, 0.3) is 0 Å². The van der Waals surface area contributed by atoms with Gasteiger partial charge in [0.2, 0.25) is 5.91 Å². The minimum Gasteiger partial charge on any atom is -0.481 e. The zero-order valence-corrected chi connectivity index (χ0v) is 13.8. The molecule has 0 aliphatic rings. The van der Waals surface area contributed by atoms with E-state index in [9.17, 15) is 9.59 Å². The molecule has 0 aromatic heterocycles. The second kappa shape index (κ2) is 8.95. The third kappa shape index (κ3) is 6.87. The molecule has 0 atom stereocenters. The molecule has 0 saturated heterocycles. The molecular weight excluding hydrogens is 310 g/mol. The lowest BCUT2D eigenvalue weighted by Crippen LogP contribution is -2.39. The van der Waals surface area contributed by atoms with E-state index in [4.69, 9.17) is 16.7 Å². The van der Waals surface area contributed by atoms with Crippen LogP contribution in [0.2, 0.25) is 5.02 Å². The zero-order valence-electron chi connectivity index (χ0n) is 12.2. The number of aliphatic carboxylic acids is 1. The van der Waals surface area contributed by atoms with E-state index in [0.717, 1.165) is 5.56 Å². The highest BCUT2D eigenvalue weighted by Crippen LogP contribution is 2.17. The topological polar surface area (TPSA) is 57.6 Å². The third-order valence-electron chi connectivity index (χ3n) is 2.89. The molecule has 1 aromatic rings. The summed E-state index contributed by atoms with van der Waals surface area (Å²) >= 11 is 7.42. The summed E-state index contributed by atoms with van der Waals surface area (Å²) in [6.45, 7) is 4.03. The standard InChI is InChI=1S/C15H20ClNO3S/c1-11(2)17(7-6-15(19)20)14(18)10-21-9-12-4-3-5-13(16)8-12/h3-5,8,11H,6-7,9-10H2,1-2H3,(H,19,20). The van der Waals surface area contributed by atoms with Gasteiger partial charge in [-0.2, -0.15) is 0 Å². The van der Waals surface area contributed by atoms with Gasteiger partial charge in [0.1, 0.15) is 0 Å². The monoisotopic (exact) mass is 329 g/mol. The fourth-order valence-corrected chi connectivity index (χ4v) is 2.92. The van der Waals surface area contributed by atoms with Crippen LogP contribution in [0.3, 0.4) is 0 Å². The zero-order chi connectivity index (χ0) is 15.8. The maximum absolute atomic E-state index is 12.1. The number of rotatable bonds is 8. The molecule has 0 heterocycles. The molecule has 1 rings (SSSR count). The minimum absolute atomic E-state index is 0.00335. The fourth-order valence-electron chi connectivity index (χ4n) is 1.85.